The lowest BCUT2D eigenvalue weighted by atomic mass is 10.2. The van der Waals surface area contributed by atoms with Gasteiger partial charge in [0.05, 0.1) is 7.11 Å². The number of nitrogens with zero attached hydrogens (tertiary/aromatic N) is 2. The summed E-state index contributed by atoms with van der Waals surface area (Å²) in [5.41, 5.74) is 0.977. The molecule has 27 heavy (non-hydrogen) atoms. The Morgan fingerprint density at radius 1 is 1.00 bits per heavy atom. The molecule has 1 unspecified atom stereocenters. The minimum atomic E-state index is -0.504. The molecule has 0 spiro atoms. The minimum absolute atomic E-state index is 0.00655. The van der Waals surface area contributed by atoms with E-state index in [4.69, 9.17) is 9.47 Å². The Hall–Kier alpha value is -2.76. The number of methoxy groups -OCH3 is 1. The van der Waals surface area contributed by atoms with Gasteiger partial charge in [0.2, 0.25) is 0 Å². The van der Waals surface area contributed by atoms with Gasteiger partial charge in [0.25, 0.3) is 5.91 Å². The molecule has 2 aromatic rings. The van der Waals surface area contributed by atoms with Crippen LogP contribution in [0.2, 0.25) is 0 Å². The SMILES string of the molecule is CCC(Oc1ccc(OC)cc1)C(=O)N1CCN(c2ccc(F)cc2)CC1. The van der Waals surface area contributed by atoms with Crippen molar-refractivity contribution >= 4 is 11.6 Å². The van der Waals surface area contributed by atoms with E-state index in [1.165, 1.54) is 12.1 Å². The van der Waals surface area contributed by atoms with E-state index in [2.05, 4.69) is 4.90 Å². The fraction of sp³-hybridized carbons (Fsp3) is 0.381. The number of carbonyl (C=O) groups is 1. The molecule has 6 heteroatoms. The van der Waals surface area contributed by atoms with Crippen LogP contribution in [0.1, 0.15) is 13.3 Å². The molecule has 0 radical (unpaired) electrons. The van der Waals surface area contributed by atoms with E-state index >= 15 is 0 Å². The van der Waals surface area contributed by atoms with Gasteiger partial charge in [0.1, 0.15) is 17.3 Å². The average Bonchev–Trinajstić information content (AvgIpc) is 2.72. The van der Waals surface area contributed by atoms with Gasteiger partial charge in [-0.3, -0.25) is 4.79 Å². The minimum Gasteiger partial charge on any atom is -0.497 e. The van der Waals surface area contributed by atoms with Gasteiger partial charge < -0.3 is 19.3 Å². The third-order valence-electron chi connectivity index (χ3n) is 4.77. The molecule has 1 atom stereocenters. The molecule has 1 fully saturated rings. The highest BCUT2D eigenvalue weighted by Crippen LogP contribution is 2.21. The first-order valence-corrected chi connectivity index (χ1v) is 9.20. The van der Waals surface area contributed by atoms with Gasteiger partial charge in [-0.05, 0) is 55.0 Å². The molecule has 0 N–H and O–H groups in total. The molecule has 1 saturated heterocycles. The molecule has 3 rings (SSSR count). The van der Waals surface area contributed by atoms with Crippen LogP contribution in [0.5, 0.6) is 11.5 Å². The van der Waals surface area contributed by atoms with Crippen molar-refractivity contribution in [2.75, 3.05) is 38.2 Å². The van der Waals surface area contributed by atoms with Gasteiger partial charge in [0.15, 0.2) is 6.10 Å². The number of piperazine rings is 1. The van der Waals surface area contributed by atoms with E-state index in [1.54, 1.807) is 31.4 Å². The third-order valence-corrected chi connectivity index (χ3v) is 4.77. The Bertz CT molecular complexity index is 741. The van der Waals surface area contributed by atoms with Gasteiger partial charge in [-0.2, -0.15) is 0 Å². The highest BCUT2D eigenvalue weighted by molar-refractivity contribution is 5.81. The predicted octanol–water partition coefficient (Wildman–Crippen LogP) is 3.34. The van der Waals surface area contributed by atoms with Crippen LogP contribution < -0.4 is 14.4 Å². The second-order valence-corrected chi connectivity index (χ2v) is 6.48. The third kappa shape index (κ3) is 4.70. The van der Waals surface area contributed by atoms with Crippen molar-refractivity contribution in [1.82, 2.24) is 4.90 Å². The van der Waals surface area contributed by atoms with Gasteiger partial charge in [0, 0.05) is 31.9 Å². The Labute approximate surface area is 159 Å². The van der Waals surface area contributed by atoms with Crippen molar-refractivity contribution < 1.29 is 18.7 Å². The molecule has 0 aromatic heterocycles. The van der Waals surface area contributed by atoms with Gasteiger partial charge >= 0.3 is 0 Å². The van der Waals surface area contributed by atoms with E-state index in [-0.39, 0.29) is 11.7 Å². The van der Waals surface area contributed by atoms with Crippen molar-refractivity contribution in [3.05, 3.63) is 54.3 Å². The quantitative estimate of drug-likeness (QED) is 0.780. The number of carbonyl (C=O) groups excluding carboxylic acids is 1. The summed E-state index contributed by atoms with van der Waals surface area (Å²) in [6, 6.07) is 13.7. The standard InChI is InChI=1S/C21H25FN2O3/c1-3-20(27-19-10-8-18(26-2)9-11-19)21(25)24-14-12-23(13-15-24)17-6-4-16(22)5-7-17/h4-11,20H,3,12-15H2,1-2H3. The Morgan fingerprint density at radius 2 is 1.59 bits per heavy atom. The van der Waals surface area contributed by atoms with Crippen LogP contribution >= 0.6 is 0 Å². The lowest BCUT2D eigenvalue weighted by Crippen LogP contribution is -2.52. The Balaban J connectivity index is 1.57. The Morgan fingerprint density at radius 3 is 2.15 bits per heavy atom. The maximum atomic E-state index is 13.1. The molecule has 0 aliphatic carbocycles. The van der Waals surface area contributed by atoms with E-state index < -0.39 is 6.10 Å². The molecule has 0 bridgehead atoms. The van der Waals surface area contributed by atoms with E-state index in [0.29, 0.717) is 25.3 Å². The van der Waals surface area contributed by atoms with E-state index in [9.17, 15) is 9.18 Å². The molecule has 1 heterocycles. The fourth-order valence-corrected chi connectivity index (χ4v) is 3.17. The zero-order valence-corrected chi connectivity index (χ0v) is 15.7. The smallest absolute Gasteiger partial charge is 0.263 e. The fourth-order valence-electron chi connectivity index (χ4n) is 3.17. The van der Waals surface area contributed by atoms with Crippen LogP contribution in [0.25, 0.3) is 0 Å². The summed E-state index contributed by atoms with van der Waals surface area (Å²) >= 11 is 0. The molecule has 144 valence electrons. The van der Waals surface area contributed by atoms with Crippen LogP contribution in [0.15, 0.2) is 48.5 Å². The number of rotatable bonds is 6. The number of anilines is 1. The normalized spacial score (nSPS) is 15.4. The average molecular weight is 372 g/mol. The summed E-state index contributed by atoms with van der Waals surface area (Å²) in [4.78, 5) is 16.9. The molecular formula is C21H25FN2O3. The van der Waals surface area contributed by atoms with Gasteiger partial charge in [-0.15, -0.1) is 0 Å². The lowest BCUT2D eigenvalue weighted by molar-refractivity contribution is -0.139. The highest BCUT2D eigenvalue weighted by atomic mass is 19.1. The second-order valence-electron chi connectivity index (χ2n) is 6.48. The van der Waals surface area contributed by atoms with Gasteiger partial charge in [-0.25, -0.2) is 4.39 Å². The topological polar surface area (TPSA) is 42.0 Å². The van der Waals surface area contributed by atoms with Crippen LogP contribution in [-0.4, -0.2) is 50.2 Å². The summed E-state index contributed by atoms with van der Waals surface area (Å²) in [6.07, 6.45) is 0.0963. The van der Waals surface area contributed by atoms with Crippen LogP contribution in [0.3, 0.4) is 0 Å². The number of ether oxygens (including phenoxy) is 2. The summed E-state index contributed by atoms with van der Waals surface area (Å²) < 4.78 is 24.1. The van der Waals surface area contributed by atoms with Crippen molar-refractivity contribution in [1.29, 1.82) is 0 Å². The first kappa shape index (κ1) is 19.0. The summed E-state index contributed by atoms with van der Waals surface area (Å²) in [7, 11) is 1.61. The molecule has 5 nitrogen and oxygen atoms in total. The maximum Gasteiger partial charge on any atom is 0.263 e. The Kier molecular flexibility index (Phi) is 6.16. The largest absolute Gasteiger partial charge is 0.497 e. The highest BCUT2D eigenvalue weighted by Gasteiger charge is 2.28. The van der Waals surface area contributed by atoms with Crippen molar-refractivity contribution in [3.63, 3.8) is 0 Å². The van der Waals surface area contributed by atoms with E-state index in [0.717, 1.165) is 24.5 Å². The van der Waals surface area contributed by atoms with Crippen molar-refractivity contribution in [2.24, 2.45) is 0 Å². The first-order chi connectivity index (χ1) is 13.1. The van der Waals surface area contributed by atoms with Crippen LogP contribution in [-0.2, 0) is 4.79 Å². The molecule has 2 aromatic carbocycles. The zero-order chi connectivity index (χ0) is 19.2. The second kappa shape index (κ2) is 8.75. The van der Waals surface area contributed by atoms with Crippen molar-refractivity contribution in [2.45, 2.75) is 19.4 Å². The summed E-state index contributed by atoms with van der Waals surface area (Å²) in [6.45, 7) is 4.63. The first-order valence-electron chi connectivity index (χ1n) is 9.20. The lowest BCUT2D eigenvalue weighted by Gasteiger charge is -2.37. The van der Waals surface area contributed by atoms with Crippen LogP contribution in [0, 0.1) is 5.82 Å². The number of benzene rings is 2. The molecular weight excluding hydrogens is 347 g/mol. The molecule has 1 aliphatic rings. The summed E-state index contributed by atoms with van der Waals surface area (Å²) in [5, 5.41) is 0. The maximum absolute atomic E-state index is 13.1. The summed E-state index contributed by atoms with van der Waals surface area (Å²) in [5.74, 6) is 1.17. The monoisotopic (exact) mass is 372 g/mol. The van der Waals surface area contributed by atoms with Crippen molar-refractivity contribution in [3.8, 4) is 11.5 Å². The van der Waals surface area contributed by atoms with Crippen LogP contribution in [0.4, 0.5) is 10.1 Å². The predicted molar refractivity (Wildman–Crippen MR) is 103 cm³/mol. The van der Waals surface area contributed by atoms with Gasteiger partial charge in [-0.1, -0.05) is 6.92 Å². The zero-order valence-electron chi connectivity index (χ0n) is 15.7. The molecule has 0 saturated carbocycles. The number of hydrogen-bond acceptors (Lipinski definition) is 4. The number of amides is 1. The number of halogens is 1. The molecule has 1 aliphatic heterocycles. The molecule has 1 amide bonds. The van der Waals surface area contributed by atoms with E-state index in [1.807, 2.05) is 24.0 Å². The number of hydrogen-bond donors (Lipinski definition) is 0.